The number of piperazine rings is 1. The van der Waals surface area contributed by atoms with Crippen molar-refractivity contribution in [1.82, 2.24) is 29.9 Å². The molecule has 2 aromatic heterocycles. The highest BCUT2D eigenvalue weighted by molar-refractivity contribution is 6.06. The summed E-state index contributed by atoms with van der Waals surface area (Å²) in [6.45, 7) is 7.72. The summed E-state index contributed by atoms with van der Waals surface area (Å²) in [6, 6.07) is 20.0. The van der Waals surface area contributed by atoms with Gasteiger partial charge in [-0.05, 0) is 32.2 Å². The van der Waals surface area contributed by atoms with E-state index in [2.05, 4.69) is 46.3 Å². The van der Waals surface area contributed by atoms with E-state index >= 15 is 0 Å². The average Bonchev–Trinajstić information content (AvgIpc) is 3.30. The van der Waals surface area contributed by atoms with Crippen LogP contribution in [-0.4, -0.2) is 76.8 Å². The van der Waals surface area contributed by atoms with Crippen molar-refractivity contribution < 1.29 is 4.79 Å². The third-order valence-electron chi connectivity index (χ3n) is 6.44. The molecule has 1 amide bonds. The standard InChI is InChI=1S/C27H30N6O/c1-20-8-10-21(11-9-20)25-18-23(27(34)28-12-13-32-16-14-31(2)15-17-32)24-19-29-33(26(24)30-25)22-6-4-3-5-7-22/h3-11,18-19H,12-17H2,1-2H3,(H,28,34). The lowest BCUT2D eigenvalue weighted by molar-refractivity contribution is 0.0942. The fraction of sp³-hybridized carbons (Fsp3) is 0.296. The van der Waals surface area contributed by atoms with Crippen LogP contribution in [0.3, 0.4) is 0 Å². The lowest BCUT2D eigenvalue weighted by Crippen LogP contribution is -2.46. The van der Waals surface area contributed by atoms with Gasteiger partial charge in [-0.15, -0.1) is 0 Å². The molecule has 1 aliphatic heterocycles. The van der Waals surface area contributed by atoms with Gasteiger partial charge in [0.05, 0.1) is 28.5 Å². The molecule has 1 aliphatic rings. The monoisotopic (exact) mass is 454 g/mol. The van der Waals surface area contributed by atoms with Crippen molar-refractivity contribution in [2.45, 2.75) is 6.92 Å². The molecule has 0 saturated carbocycles. The highest BCUT2D eigenvalue weighted by Crippen LogP contribution is 2.26. The number of pyridine rings is 1. The van der Waals surface area contributed by atoms with Crippen LogP contribution in [0.15, 0.2) is 66.9 Å². The van der Waals surface area contributed by atoms with Crippen LogP contribution in [0.4, 0.5) is 0 Å². The number of likely N-dealkylation sites (N-methyl/N-ethyl adjacent to an activating group) is 1. The Labute approximate surface area is 200 Å². The molecule has 1 N–H and O–H groups in total. The first-order valence-corrected chi connectivity index (χ1v) is 11.8. The Balaban J connectivity index is 1.46. The van der Waals surface area contributed by atoms with Crippen molar-refractivity contribution in [3.8, 4) is 16.9 Å². The minimum atomic E-state index is -0.0949. The smallest absolute Gasteiger partial charge is 0.252 e. The summed E-state index contributed by atoms with van der Waals surface area (Å²) in [5.41, 5.74) is 5.09. The van der Waals surface area contributed by atoms with E-state index in [0.29, 0.717) is 17.8 Å². The van der Waals surface area contributed by atoms with Gasteiger partial charge in [-0.25, -0.2) is 9.67 Å². The summed E-state index contributed by atoms with van der Waals surface area (Å²) in [5.74, 6) is -0.0949. The number of carbonyl (C=O) groups excluding carboxylic acids is 1. The number of para-hydroxylation sites is 1. The Hall–Kier alpha value is -3.55. The van der Waals surface area contributed by atoms with Gasteiger partial charge >= 0.3 is 0 Å². The molecule has 0 aliphatic carbocycles. The van der Waals surface area contributed by atoms with Gasteiger partial charge in [-0.1, -0.05) is 48.0 Å². The summed E-state index contributed by atoms with van der Waals surface area (Å²) < 4.78 is 1.80. The number of benzene rings is 2. The fourth-order valence-electron chi connectivity index (χ4n) is 4.31. The lowest BCUT2D eigenvalue weighted by Gasteiger charge is -2.32. The lowest BCUT2D eigenvalue weighted by atomic mass is 10.1. The molecule has 7 heteroatoms. The minimum absolute atomic E-state index is 0.0949. The Morgan fingerprint density at radius 1 is 1.00 bits per heavy atom. The normalized spacial score (nSPS) is 15.0. The molecule has 174 valence electrons. The minimum Gasteiger partial charge on any atom is -0.351 e. The zero-order chi connectivity index (χ0) is 23.5. The van der Waals surface area contributed by atoms with Gasteiger partial charge in [0.25, 0.3) is 5.91 Å². The summed E-state index contributed by atoms with van der Waals surface area (Å²) in [4.78, 5) is 23.0. The van der Waals surface area contributed by atoms with Crippen molar-refractivity contribution in [2.75, 3.05) is 46.3 Å². The average molecular weight is 455 g/mol. The van der Waals surface area contributed by atoms with E-state index in [0.717, 1.165) is 55.1 Å². The molecule has 0 atom stereocenters. The van der Waals surface area contributed by atoms with Crippen LogP contribution < -0.4 is 5.32 Å². The van der Waals surface area contributed by atoms with E-state index in [1.54, 1.807) is 10.9 Å². The number of hydrogen-bond acceptors (Lipinski definition) is 5. The molecule has 1 fully saturated rings. The zero-order valence-corrected chi connectivity index (χ0v) is 19.7. The Morgan fingerprint density at radius 2 is 1.74 bits per heavy atom. The zero-order valence-electron chi connectivity index (χ0n) is 19.7. The number of fused-ring (bicyclic) bond motifs is 1. The van der Waals surface area contributed by atoms with E-state index in [1.807, 2.05) is 48.5 Å². The molecule has 5 rings (SSSR count). The van der Waals surface area contributed by atoms with Crippen LogP contribution in [0.2, 0.25) is 0 Å². The predicted octanol–water partition coefficient (Wildman–Crippen LogP) is 3.37. The SMILES string of the molecule is Cc1ccc(-c2cc(C(=O)NCCN3CCN(C)CC3)c3cnn(-c4ccccc4)c3n2)cc1. The van der Waals surface area contributed by atoms with Gasteiger partial charge < -0.3 is 10.2 Å². The van der Waals surface area contributed by atoms with E-state index in [4.69, 9.17) is 4.98 Å². The maximum absolute atomic E-state index is 13.3. The van der Waals surface area contributed by atoms with Crippen LogP contribution >= 0.6 is 0 Å². The van der Waals surface area contributed by atoms with Gasteiger partial charge in [0.15, 0.2) is 5.65 Å². The van der Waals surface area contributed by atoms with Crippen LogP contribution in [0.5, 0.6) is 0 Å². The molecule has 2 aromatic carbocycles. The molecular formula is C27H30N6O. The van der Waals surface area contributed by atoms with Gasteiger partial charge in [-0.3, -0.25) is 9.69 Å². The summed E-state index contributed by atoms with van der Waals surface area (Å²) in [5, 5.41) is 8.45. The van der Waals surface area contributed by atoms with Crippen molar-refractivity contribution in [3.05, 3.63) is 78.0 Å². The largest absolute Gasteiger partial charge is 0.351 e. The first-order chi connectivity index (χ1) is 16.6. The number of hydrogen-bond donors (Lipinski definition) is 1. The third kappa shape index (κ3) is 4.71. The molecular weight excluding hydrogens is 424 g/mol. The topological polar surface area (TPSA) is 66.3 Å². The molecule has 34 heavy (non-hydrogen) atoms. The van der Waals surface area contributed by atoms with Crippen LogP contribution in [0.1, 0.15) is 15.9 Å². The number of nitrogens with one attached hydrogen (secondary N) is 1. The molecule has 7 nitrogen and oxygen atoms in total. The molecule has 0 unspecified atom stereocenters. The van der Waals surface area contributed by atoms with E-state index < -0.39 is 0 Å². The Bertz CT molecular complexity index is 1270. The Kier molecular flexibility index (Phi) is 6.38. The van der Waals surface area contributed by atoms with Gasteiger partial charge in [-0.2, -0.15) is 5.10 Å². The third-order valence-corrected chi connectivity index (χ3v) is 6.44. The highest BCUT2D eigenvalue weighted by atomic mass is 16.1. The first kappa shape index (κ1) is 22.3. The van der Waals surface area contributed by atoms with Crippen molar-refractivity contribution in [3.63, 3.8) is 0 Å². The number of nitrogens with zero attached hydrogens (tertiary/aromatic N) is 5. The predicted molar refractivity (Wildman–Crippen MR) is 135 cm³/mol. The maximum Gasteiger partial charge on any atom is 0.252 e. The second-order valence-electron chi connectivity index (χ2n) is 8.95. The maximum atomic E-state index is 13.3. The number of carbonyl (C=O) groups is 1. The summed E-state index contributed by atoms with van der Waals surface area (Å²) in [7, 11) is 2.15. The molecule has 4 aromatic rings. The molecule has 3 heterocycles. The Morgan fingerprint density at radius 3 is 2.47 bits per heavy atom. The number of amides is 1. The quantitative estimate of drug-likeness (QED) is 0.484. The van der Waals surface area contributed by atoms with Crippen LogP contribution in [0, 0.1) is 6.92 Å². The summed E-state index contributed by atoms with van der Waals surface area (Å²) in [6.07, 6.45) is 1.74. The van der Waals surface area contributed by atoms with Gasteiger partial charge in [0.1, 0.15) is 0 Å². The van der Waals surface area contributed by atoms with Crippen molar-refractivity contribution >= 4 is 16.9 Å². The molecule has 0 radical (unpaired) electrons. The van der Waals surface area contributed by atoms with Gasteiger partial charge in [0.2, 0.25) is 0 Å². The number of rotatable bonds is 6. The second-order valence-corrected chi connectivity index (χ2v) is 8.95. The first-order valence-electron chi connectivity index (χ1n) is 11.8. The number of aromatic nitrogens is 3. The van der Waals surface area contributed by atoms with Crippen LogP contribution in [-0.2, 0) is 0 Å². The fourth-order valence-corrected chi connectivity index (χ4v) is 4.31. The van der Waals surface area contributed by atoms with Crippen LogP contribution in [0.25, 0.3) is 28.0 Å². The van der Waals surface area contributed by atoms with E-state index in [1.165, 1.54) is 5.56 Å². The van der Waals surface area contributed by atoms with Crippen molar-refractivity contribution in [1.29, 1.82) is 0 Å². The van der Waals surface area contributed by atoms with Crippen molar-refractivity contribution in [2.24, 2.45) is 0 Å². The van der Waals surface area contributed by atoms with E-state index in [-0.39, 0.29) is 5.91 Å². The van der Waals surface area contributed by atoms with E-state index in [9.17, 15) is 4.79 Å². The van der Waals surface area contributed by atoms with Gasteiger partial charge in [0, 0.05) is 44.8 Å². The molecule has 0 spiro atoms. The number of aryl methyl sites for hydroxylation is 1. The second kappa shape index (κ2) is 9.75. The highest BCUT2D eigenvalue weighted by Gasteiger charge is 2.19. The molecule has 0 bridgehead atoms. The summed E-state index contributed by atoms with van der Waals surface area (Å²) >= 11 is 0. The molecule has 1 saturated heterocycles.